The van der Waals surface area contributed by atoms with Crippen molar-refractivity contribution in [3.8, 4) is 11.5 Å². The van der Waals surface area contributed by atoms with Crippen molar-refractivity contribution in [2.45, 2.75) is 25.8 Å². The van der Waals surface area contributed by atoms with Crippen LogP contribution in [0.15, 0.2) is 84.8 Å². The largest absolute Gasteiger partial charge is 0.493 e. The van der Waals surface area contributed by atoms with E-state index < -0.39 is 0 Å². The van der Waals surface area contributed by atoms with Crippen LogP contribution in [0.4, 0.5) is 10.5 Å². The summed E-state index contributed by atoms with van der Waals surface area (Å²) < 4.78 is 23.0. The molecule has 2 atom stereocenters. The van der Waals surface area contributed by atoms with Crippen molar-refractivity contribution in [1.82, 2.24) is 15.2 Å². The zero-order chi connectivity index (χ0) is 30.5. The fraction of sp³-hybridized carbons (Fsp3) is 0.314. The van der Waals surface area contributed by atoms with E-state index in [-0.39, 0.29) is 24.8 Å². The molecule has 3 aromatic carbocycles. The molecule has 9 heteroatoms. The van der Waals surface area contributed by atoms with E-state index >= 15 is 0 Å². The maximum Gasteiger partial charge on any atom is 0.319 e. The molecule has 2 amide bonds. The highest BCUT2D eigenvalue weighted by Crippen LogP contribution is 2.44. The van der Waals surface area contributed by atoms with Gasteiger partial charge in [0.25, 0.3) is 0 Å². The highest BCUT2D eigenvalue weighted by Gasteiger charge is 2.38. The fourth-order valence-corrected chi connectivity index (χ4v) is 6.32. The number of fused-ring (bicyclic) bond motifs is 2. The number of aromatic nitrogens is 1. The van der Waals surface area contributed by atoms with E-state index in [1.54, 1.807) is 20.5 Å². The third-order valence-electron chi connectivity index (χ3n) is 8.34. The molecule has 0 fully saturated rings. The molecule has 6 rings (SSSR count). The van der Waals surface area contributed by atoms with Crippen LogP contribution in [0.2, 0.25) is 0 Å². The highest BCUT2D eigenvalue weighted by molar-refractivity contribution is 6.00. The molecule has 0 saturated heterocycles. The first-order valence-corrected chi connectivity index (χ1v) is 14.9. The molecule has 9 nitrogen and oxygen atoms in total. The normalized spacial score (nSPS) is 16.7. The van der Waals surface area contributed by atoms with E-state index in [0.717, 1.165) is 58.7 Å². The molecule has 4 aromatic rings. The number of rotatable bonds is 10. The van der Waals surface area contributed by atoms with Gasteiger partial charge in [0, 0.05) is 42.7 Å². The highest BCUT2D eigenvalue weighted by atomic mass is 16.7. The Morgan fingerprint density at radius 1 is 1.05 bits per heavy atom. The Bertz CT molecular complexity index is 1660. The fourth-order valence-electron chi connectivity index (χ4n) is 6.32. The van der Waals surface area contributed by atoms with Crippen molar-refractivity contribution in [1.29, 1.82) is 0 Å². The zero-order valence-electron chi connectivity index (χ0n) is 25.3. The average molecular weight is 595 g/mol. The molecule has 0 bridgehead atoms. The van der Waals surface area contributed by atoms with Crippen LogP contribution >= 0.6 is 0 Å². The van der Waals surface area contributed by atoms with Gasteiger partial charge in [-0.2, -0.15) is 0 Å². The van der Waals surface area contributed by atoms with E-state index in [1.807, 2.05) is 43.3 Å². The van der Waals surface area contributed by atoms with Crippen LogP contribution in [0, 0.1) is 12.8 Å². The summed E-state index contributed by atoms with van der Waals surface area (Å²) in [5.74, 6) is 2.19. The lowest BCUT2D eigenvalue weighted by Gasteiger charge is -2.42. The lowest BCUT2D eigenvalue weighted by molar-refractivity contribution is 0.0523. The molecule has 228 valence electrons. The van der Waals surface area contributed by atoms with Gasteiger partial charge in [-0.3, -0.25) is 9.88 Å². The second-order valence-corrected chi connectivity index (χ2v) is 11.1. The number of nitrogens with one attached hydrogen (secondary N) is 2. The maximum absolute atomic E-state index is 13.1. The van der Waals surface area contributed by atoms with Crippen LogP contribution in [0.5, 0.6) is 11.5 Å². The van der Waals surface area contributed by atoms with Crippen molar-refractivity contribution in [3.63, 3.8) is 0 Å². The number of ether oxygens (including phenoxy) is 4. The number of carbonyl (C=O) groups is 1. The summed E-state index contributed by atoms with van der Waals surface area (Å²) >= 11 is 0. The van der Waals surface area contributed by atoms with Gasteiger partial charge in [0.15, 0.2) is 11.5 Å². The number of anilines is 1. The first kappa shape index (κ1) is 29.3. The van der Waals surface area contributed by atoms with Gasteiger partial charge in [-0.1, -0.05) is 48.5 Å². The predicted molar refractivity (Wildman–Crippen MR) is 170 cm³/mol. The molecule has 2 N–H and O–H groups in total. The number of urea groups is 1. The van der Waals surface area contributed by atoms with E-state index in [4.69, 9.17) is 18.9 Å². The number of carbonyl (C=O) groups excluding carboxylic acids is 1. The Morgan fingerprint density at radius 3 is 2.59 bits per heavy atom. The van der Waals surface area contributed by atoms with Crippen molar-refractivity contribution >= 4 is 22.6 Å². The molecule has 0 radical (unpaired) electrons. The lowest BCUT2D eigenvalue weighted by atomic mass is 9.80. The number of hydrogen-bond acceptors (Lipinski definition) is 7. The van der Waals surface area contributed by atoms with E-state index in [9.17, 15) is 4.79 Å². The maximum atomic E-state index is 13.1. The van der Waals surface area contributed by atoms with E-state index in [0.29, 0.717) is 18.8 Å². The van der Waals surface area contributed by atoms with Gasteiger partial charge >= 0.3 is 6.03 Å². The van der Waals surface area contributed by atoms with Crippen LogP contribution in [0.3, 0.4) is 0 Å². The number of nitrogens with zero attached hydrogens (tertiary/aromatic N) is 2. The van der Waals surface area contributed by atoms with E-state index in [2.05, 4.69) is 56.9 Å². The topological polar surface area (TPSA) is 94.2 Å². The number of methoxy groups -OCH3 is 2. The Labute approximate surface area is 257 Å². The monoisotopic (exact) mass is 594 g/mol. The van der Waals surface area contributed by atoms with Crippen molar-refractivity contribution in [2.24, 2.45) is 5.92 Å². The molecule has 2 aliphatic heterocycles. The Morgan fingerprint density at radius 2 is 1.82 bits per heavy atom. The summed E-state index contributed by atoms with van der Waals surface area (Å²) in [6.07, 6.45) is 3.34. The predicted octanol–water partition coefficient (Wildman–Crippen LogP) is 5.99. The Balaban J connectivity index is 1.26. The van der Waals surface area contributed by atoms with Crippen molar-refractivity contribution < 1.29 is 23.7 Å². The molecule has 2 aliphatic rings. The van der Waals surface area contributed by atoms with Crippen LogP contribution in [0.25, 0.3) is 10.9 Å². The second-order valence-electron chi connectivity index (χ2n) is 11.1. The molecular weight excluding hydrogens is 556 g/mol. The van der Waals surface area contributed by atoms with Gasteiger partial charge in [0.05, 0.1) is 25.4 Å². The number of amides is 2. The molecule has 1 aromatic heterocycles. The minimum Gasteiger partial charge on any atom is -0.493 e. The number of pyridine rings is 1. The van der Waals surface area contributed by atoms with Crippen LogP contribution < -0.4 is 20.1 Å². The van der Waals surface area contributed by atoms with Crippen molar-refractivity contribution in [2.75, 3.05) is 46.0 Å². The third kappa shape index (κ3) is 6.28. The summed E-state index contributed by atoms with van der Waals surface area (Å²) in [5, 5.41) is 7.02. The zero-order valence-corrected chi connectivity index (χ0v) is 25.3. The molecule has 0 saturated carbocycles. The molecule has 0 spiro atoms. The van der Waals surface area contributed by atoms with E-state index in [1.165, 1.54) is 11.1 Å². The summed E-state index contributed by atoms with van der Waals surface area (Å²) in [4.78, 5) is 20.1. The SMILES string of the molecule is COc1cc2c(cc1OC)C(C(Cc1ccccc1)C1=COCO1)N(CCNC(=O)Nc1cc(C)nc3ccccc13)CC2. The quantitative estimate of drug-likeness (QED) is 0.233. The first-order chi connectivity index (χ1) is 21.5. The Hall–Kier alpha value is -4.76. The van der Waals surface area contributed by atoms with Crippen LogP contribution in [-0.2, 0) is 22.3 Å². The van der Waals surface area contributed by atoms with Gasteiger partial charge < -0.3 is 29.6 Å². The molecule has 0 aliphatic carbocycles. The van der Waals surface area contributed by atoms with Gasteiger partial charge in [0.1, 0.15) is 12.0 Å². The summed E-state index contributed by atoms with van der Waals surface area (Å²) in [5.41, 5.74) is 6.02. The van der Waals surface area contributed by atoms with Gasteiger partial charge in [-0.25, -0.2) is 4.79 Å². The molecule has 2 unspecified atom stereocenters. The van der Waals surface area contributed by atoms with Gasteiger partial charge in [-0.15, -0.1) is 0 Å². The molecular formula is C35H38N4O5. The number of aryl methyl sites for hydroxylation is 1. The first-order valence-electron chi connectivity index (χ1n) is 14.9. The van der Waals surface area contributed by atoms with Gasteiger partial charge in [0.2, 0.25) is 6.79 Å². The smallest absolute Gasteiger partial charge is 0.319 e. The summed E-state index contributed by atoms with van der Waals surface area (Å²) in [7, 11) is 3.32. The second kappa shape index (κ2) is 13.3. The average Bonchev–Trinajstić information content (AvgIpc) is 3.58. The number of benzene rings is 3. The third-order valence-corrected chi connectivity index (χ3v) is 8.34. The summed E-state index contributed by atoms with van der Waals surface area (Å²) in [6, 6.07) is 24.0. The molecule has 3 heterocycles. The van der Waals surface area contributed by atoms with Gasteiger partial charge in [-0.05, 0) is 60.7 Å². The van der Waals surface area contributed by atoms with Crippen molar-refractivity contribution in [3.05, 3.63) is 107 Å². The standard InChI is InChI=1S/C35H38N4O5/c1-23-17-30(26-11-7-8-12-29(26)37-23)38-35(40)36-14-16-39-15-13-25-19-31(41-2)32(42-3)20-27(25)34(39)28(33-21-43-22-44-33)18-24-9-5-4-6-10-24/h4-12,17,19-21,28,34H,13-16,18,22H2,1-3H3,(H2,36,37,38,40). The number of para-hydroxylation sites is 1. The Kier molecular flexibility index (Phi) is 8.84. The minimum absolute atomic E-state index is 0.0305. The molecule has 44 heavy (non-hydrogen) atoms. The summed E-state index contributed by atoms with van der Waals surface area (Å²) in [6.45, 7) is 4.04. The number of hydrogen-bond donors (Lipinski definition) is 2. The minimum atomic E-state index is -0.253. The van der Waals surface area contributed by atoms with Crippen LogP contribution in [0.1, 0.15) is 28.4 Å². The van der Waals surface area contributed by atoms with Crippen LogP contribution in [-0.4, -0.2) is 56.6 Å². The lowest BCUT2D eigenvalue weighted by Crippen LogP contribution is -2.45.